The van der Waals surface area contributed by atoms with Gasteiger partial charge in [0.15, 0.2) is 0 Å². The smallest absolute Gasteiger partial charge is 0.416 e. The third-order valence-corrected chi connectivity index (χ3v) is 9.59. The molecule has 0 aliphatic heterocycles. The molecule has 0 radical (unpaired) electrons. The van der Waals surface area contributed by atoms with Crippen molar-refractivity contribution in [2.75, 3.05) is 13.2 Å². The Hall–Kier alpha value is -1.56. The van der Waals surface area contributed by atoms with Crippen LogP contribution in [-0.4, -0.2) is 36.1 Å². The highest BCUT2D eigenvalue weighted by molar-refractivity contribution is 5.69. The highest BCUT2D eigenvalue weighted by Gasteiger charge is 2.39. The predicted octanol–water partition coefficient (Wildman–Crippen LogP) is 8.91. The van der Waals surface area contributed by atoms with Crippen LogP contribution >= 0.6 is 0 Å². The minimum atomic E-state index is -4.33. The van der Waals surface area contributed by atoms with Gasteiger partial charge in [0, 0.05) is 18.5 Å². The minimum Gasteiger partial charge on any atom is -0.466 e. The Morgan fingerprint density at radius 2 is 1.50 bits per heavy atom. The summed E-state index contributed by atoms with van der Waals surface area (Å²) >= 11 is 0. The fourth-order valence-corrected chi connectivity index (χ4v) is 7.57. The Bertz CT molecular complexity index is 841. The number of rotatable bonds is 9. The van der Waals surface area contributed by atoms with Crippen molar-refractivity contribution < 1.29 is 22.7 Å². The second-order valence-electron chi connectivity index (χ2n) is 12.2. The lowest BCUT2D eigenvalue weighted by Gasteiger charge is -2.46. The summed E-state index contributed by atoms with van der Waals surface area (Å²) < 4.78 is 45.3. The molecule has 0 N–H and O–H groups in total. The average molecular weight is 536 g/mol. The highest BCUT2D eigenvalue weighted by Crippen LogP contribution is 2.43. The van der Waals surface area contributed by atoms with Gasteiger partial charge in [-0.1, -0.05) is 69.9 Å². The third-order valence-electron chi connectivity index (χ3n) is 9.59. The van der Waals surface area contributed by atoms with Gasteiger partial charge < -0.3 is 4.74 Å². The van der Waals surface area contributed by atoms with E-state index in [4.69, 9.17) is 4.74 Å². The van der Waals surface area contributed by atoms with Crippen molar-refractivity contribution >= 4 is 5.97 Å². The van der Waals surface area contributed by atoms with Crippen molar-refractivity contribution in [1.82, 2.24) is 4.90 Å². The van der Waals surface area contributed by atoms with Gasteiger partial charge in [-0.05, 0) is 87.4 Å². The quantitative estimate of drug-likeness (QED) is 0.234. The van der Waals surface area contributed by atoms with Gasteiger partial charge in [-0.2, -0.15) is 13.2 Å². The topological polar surface area (TPSA) is 29.5 Å². The van der Waals surface area contributed by atoms with Gasteiger partial charge in [-0.25, -0.2) is 0 Å². The van der Waals surface area contributed by atoms with E-state index in [1.165, 1.54) is 89.2 Å². The van der Waals surface area contributed by atoms with Gasteiger partial charge in [-0.3, -0.25) is 9.69 Å². The molecule has 0 heterocycles. The standard InChI is InChI=1S/C32H48F3NO2/c1-2-38-31(37)23-25-14-19-30(29(22-25)26-15-17-27(18-16-26)32(33,34)35)36(28-12-8-3-4-9-13-28)21-20-24-10-6-5-7-11-24/h15-18,24-25,28-30H,2-14,19-23H2,1H3/t25-,29+,30-/m1/s1. The number of nitrogens with zero attached hydrogens (tertiary/aromatic N) is 1. The van der Waals surface area contributed by atoms with E-state index in [-0.39, 0.29) is 17.8 Å². The van der Waals surface area contributed by atoms with E-state index in [1.807, 2.05) is 6.92 Å². The minimum absolute atomic E-state index is 0.139. The molecule has 4 rings (SSSR count). The number of carbonyl (C=O) groups excluding carboxylic acids is 1. The van der Waals surface area contributed by atoms with Crippen LogP contribution in [0.2, 0.25) is 0 Å². The number of ether oxygens (including phenoxy) is 1. The molecule has 3 aliphatic rings. The summed E-state index contributed by atoms with van der Waals surface area (Å²) in [5.74, 6) is 1.01. The first-order valence-electron chi connectivity index (χ1n) is 15.4. The van der Waals surface area contributed by atoms with E-state index in [0.29, 0.717) is 25.1 Å². The summed E-state index contributed by atoms with van der Waals surface area (Å²) in [5.41, 5.74) is 0.405. The van der Waals surface area contributed by atoms with Gasteiger partial charge in [0.25, 0.3) is 0 Å². The molecule has 214 valence electrons. The number of hydrogen-bond acceptors (Lipinski definition) is 3. The van der Waals surface area contributed by atoms with E-state index in [9.17, 15) is 18.0 Å². The van der Waals surface area contributed by atoms with Crippen molar-refractivity contribution in [3.63, 3.8) is 0 Å². The van der Waals surface area contributed by atoms with Gasteiger partial charge in [-0.15, -0.1) is 0 Å². The molecule has 3 saturated carbocycles. The third kappa shape index (κ3) is 8.22. The maximum Gasteiger partial charge on any atom is 0.416 e. The lowest BCUT2D eigenvalue weighted by Crippen LogP contribution is -2.49. The van der Waals surface area contributed by atoms with E-state index < -0.39 is 11.7 Å². The molecule has 1 aromatic rings. The zero-order valence-electron chi connectivity index (χ0n) is 23.3. The van der Waals surface area contributed by atoms with Crippen LogP contribution in [0.4, 0.5) is 13.2 Å². The van der Waals surface area contributed by atoms with E-state index in [0.717, 1.165) is 37.3 Å². The van der Waals surface area contributed by atoms with Crippen LogP contribution in [0.15, 0.2) is 24.3 Å². The molecule has 38 heavy (non-hydrogen) atoms. The Morgan fingerprint density at radius 1 is 0.868 bits per heavy atom. The van der Waals surface area contributed by atoms with Crippen molar-refractivity contribution in [2.45, 2.75) is 134 Å². The molecule has 3 atom stereocenters. The van der Waals surface area contributed by atoms with Crippen LogP contribution in [0.3, 0.4) is 0 Å². The maximum absolute atomic E-state index is 13.3. The van der Waals surface area contributed by atoms with Crippen molar-refractivity contribution in [3.8, 4) is 0 Å². The maximum atomic E-state index is 13.3. The summed E-state index contributed by atoms with van der Waals surface area (Å²) in [6, 6.07) is 6.79. The number of benzene rings is 1. The van der Waals surface area contributed by atoms with Crippen LogP contribution in [0, 0.1) is 11.8 Å². The molecule has 3 fully saturated rings. The molecule has 0 amide bonds. The van der Waals surface area contributed by atoms with Crippen LogP contribution in [-0.2, 0) is 15.7 Å². The molecule has 3 nitrogen and oxygen atoms in total. The molecule has 1 aromatic carbocycles. The molecule has 3 aliphatic carbocycles. The van der Waals surface area contributed by atoms with E-state index >= 15 is 0 Å². The summed E-state index contributed by atoms with van der Waals surface area (Å²) in [6.45, 7) is 3.31. The Labute approximate surface area is 227 Å². The normalized spacial score (nSPS) is 26.3. The predicted molar refractivity (Wildman–Crippen MR) is 146 cm³/mol. The summed E-state index contributed by atoms with van der Waals surface area (Å²) in [5, 5.41) is 0. The van der Waals surface area contributed by atoms with Crippen LogP contribution in [0.1, 0.15) is 127 Å². The number of alkyl halides is 3. The SMILES string of the molecule is CCOC(=O)C[C@@H]1CC[C@@H](N(CCC2CCCCC2)C2CCCCCC2)[C@H](c2ccc(C(F)(F)F)cc2)C1. The van der Waals surface area contributed by atoms with Crippen molar-refractivity contribution in [3.05, 3.63) is 35.4 Å². The van der Waals surface area contributed by atoms with Gasteiger partial charge in [0.2, 0.25) is 0 Å². The summed E-state index contributed by atoms with van der Waals surface area (Å²) in [4.78, 5) is 15.1. The van der Waals surface area contributed by atoms with Gasteiger partial charge >= 0.3 is 12.1 Å². The first-order valence-corrected chi connectivity index (χ1v) is 15.4. The first kappa shape index (κ1) is 29.4. The van der Waals surface area contributed by atoms with Crippen molar-refractivity contribution in [1.29, 1.82) is 0 Å². The molecular formula is C32H48F3NO2. The van der Waals surface area contributed by atoms with E-state index in [2.05, 4.69) is 4.90 Å². The second-order valence-corrected chi connectivity index (χ2v) is 12.2. The monoisotopic (exact) mass is 535 g/mol. The Balaban J connectivity index is 1.58. The second kappa shape index (κ2) is 14.2. The Kier molecular flexibility index (Phi) is 11.0. The molecule has 0 bridgehead atoms. The first-order chi connectivity index (χ1) is 18.3. The lowest BCUT2D eigenvalue weighted by atomic mass is 9.72. The zero-order valence-corrected chi connectivity index (χ0v) is 23.3. The van der Waals surface area contributed by atoms with Gasteiger partial charge in [0.05, 0.1) is 12.2 Å². The van der Waals surface area contributed by atoms with Crippen LogP contribution in [0.25, 0.3) is 0 Å². The number of esters is 1. The fraction of sp³-hybridized carbons (Fsp3) is 0.781. The molecular weight excluding hydrogens is 487 g/mol. The molecule has 0 saturated heterocycles. The van der Waals surface area contributed by atoms with E-state index in [1.54, 1.807) is 12.1 Å². The number of hydrogen-bond donors (Lipinski definition) is 0. The highest BCUT2D eigenvalue weighted by atomic mass is 19.4. The number of carbonyl (C=O) groups is 1. The summed E-state index contributed by atoms with van der Waals surface area (Å²) in [7, 11) is 0. The van der Waals surface area contributed by atoms with Gasteiger partial charge in [0.1, 0.15) is 0 Å². The Morgan fingerprint density at radius 3 is 2.13 bits per heavy atom. The molecule has 0 unspecified atom stereocenters. The van der Waals surface area contributed by atoms with Crippen LogP contribution < -0.4 is 0 Å². The average Bonchev–Trinajstić information content (AvgIpc) is 3.19. The zero-order chi connectivity index (χ0) is 27.0. The molecule has 6 heteroatoms. The number of halogens is 3. The molecule has 0 aromatic heterocycles. The van der Waals surface area contributed by atoms with Crippen molar-refractivity contribution in [2.24, 2.45) is 11.8 Å². The molecule has 0 spiro atoms. The summed E-state index contributed by atoms with van der Waals surface area (Å²) in [6.07, 6.45) is 14.5. The fourth-order valence-electron chi connectivity index (χ4n) is 7.57. The largest absolute Gasteiger partial charge is 0.466 e. The van der Waals surface area contributed by atoms with Crippen LogP contribution in [0.5, 0.6) is 0 Å². The lowest BCUT2D eigenvalue weighted by molar-refractivity contribution is -0.144.